The number of hydrogen-bond donors (Lipinski definition) is 0. The Hall–Kier alpha value is -4.49. The molecular weight excluding hydrogens is 482 g/mol. The highest BCUT2D eigenvalue weighted by Gasteiger charge is 2.33. The molecule has 0 spiro atoms. The molecule has 1 heterocycles. The third-order valence-corrected chi connectivity index (χ3v) is 8.74. The van der Waals surface area contributed by atoms with Crippen LogP contribution < -0.4 is 0 Å². The van der Waals surface area contributed by atoms with Gasteiger partial charge in [-0.3, -0.25) is 0 Å². The summed E-state index contributed by atoms with van der Waals surface area (Å²) in [5.74, 6) is 1.53. The van der Waals surface area contributed by atoms with Gasteiger partial charge < -0.3 is 0 Å². The second kappa shape index (κ2) is 10.9. The van der Waals surface area contributed by atoms with Gasteiger partial charge in [-0.1, -0.05) is 140 Å². The zero-order chi connectivity index (χ0) is 26.7. The van der Waals surface area contributed by atoms with Crippen molar-refractivity contribution >= 4 is 11.1 Å². The van der Waals surface area contributed by atoms with E-state index in [9.17, 15) is 0 Å². The standard InChI is InChI=1S/C39H33N/c1-5-14-28(15-6-1)34-24-32(25-35(34)29-16-7-2-8-17-29)38-22-13-23-39(40-38)33-26-36(30-18-9-3-10-19-30)37(27-33)31-20-11-4-12-21-31/h1-24,26,34-37H,25,27H2/t34-,35+,36-,37+/m1/s1. The normalized spacial score (nSPS) is 22.1. The van der Waals surface area contributed by atoms with Gasteiger partial charge in [0, 0.05) is 11.8 Å². The zero-order valence-electron chi connectivity index (χ0n) is 22.6. The Labute approximate surface area is 237 Å². The SMILES string of the molecule is C1=C(c2cccc(C3=C[C@H](c4ccccc4)[C@H](c4ccccc4)C3)n2)C[C@@H](c2ccccc2)[C@H]1c1ccccc1. The molecule has 1 heteroatoms. The molecule has 2 aliphatic carbocycles. The third-order valence-electron chi connectivity index (χ3n) is 8.74. The van der Waals surface area contributed by atoms with E-state index in [1.807, 2.05) is 0 Å². The van der Waals surface area contributed by atoms with Gasteiger partial charge in [0.1, 0.15) is 0 Å². The molecule has 4 atom stereocenters. The van der Waals surface area contributed by atoms with Gasteiger partial charge in [-0.15, -0.1) is 0 Å². The van der Waals surface area contributed by atoms with Crippen molar-refractivity contribution in [1.82, 2.24) is 4.98 Å². The van der Waals surface area contributed by atoms with Crippen molar-refractivity contribution < 1.29 is 0 Å². The van der Waals surface area contributed by atoms with E-state index in [-0.39, 0.29) is 0 Å². The van der Waals surface area contributed by atoms with Gasteiger partial charge in [-0.2, -0.15) is 0 Å². The Balaban J connectivity index is 1.23. The summed E-state index contributed by atoms with van der Waals surface area (Å²) >= 11 is 0. The molecule has 0 amide bonds. The van der Waals surface area contributed by atoms with Crippen LogP contribution in [0.15, 0.2) is 152 Å². The first-order chi connectivity index (χ1) is 19.8. The molecule has 1 aromatic heterocycles. The number of hydrogen-bond acceptors (Lipinski definition) is 1. The van der Waals surface area contributed by atoms with E-state index in [1.165, 1.54) is 33.4 Å². The number of rotatable bonds is 6. The molecule has 0 unspecified atom stereocenters. The van der Waals surface area contributed by atoms with Crippen molar-refractivity contribution in [1.29, 1.82) is 0 Å². The van der Waals surface area contributed by atoms with E-state index in [2.05, 4.69) is 152 Å². The average molecular weight is 516 g/mol. The number of pyridine rings is 1. The molecule has 0 fully saturated rings. The summed E-state index contributed by atoms with van der Waals surface area (Å²) in [6.45, 7) is 0. The van der Waals surface area contributed by atoms with Gasteiger partial charge in [0.25, 0.3) is 0 Å². The van der Waals surface area contributed by atoms with E-state index >= 15 is 0 Å². The molecule has 0 saturated carbocycles. The smallest absolute Gasteiger partial charge is 0.0666 e. The Kier molecular flexibility index (Phi) is 6.71. The van der Waals surface area contributed by atoms with Crippen LogP contribution in [0.4, 0.5) is 0 Å². The summed E-state index contributed by atoms with van der Waals surface area (Å²) in [6, 6.07) is 50.4. The Morgan fingerprint density at radius 3 is 1.10 bits per heavy atom. The molecule has 0 radical (unpaired) electrons. The first-order valence-electron chi connectivity index (χ1n) is 14.4. The van der Waals surface area contributed by atoms with Crippen molar-refractivity contribution in [3.05, 3.63) is 185 Å². The summed E-state index contributed by atoms with van der Waals surface area (Å²) in [5, 5.41) is 0. The Morgan fingerprint density at radius 2 is 0.725 bits per heavy atom. The fraction of sp³-hybridized carbons (Fsp3) is 0.154. The van der Waals surface area contributed by atoms with Crippen LogP contribution in [-0.4, -0.2) is 4.98 Å². The summed E-state index contributed by atoms with van der Waals surface area (Å²) in [6.07, 6.45) is 6.94. The molecular formula is C39H33N. The molecule has 1 nitrogen and oxygen atoms in total. The van der Waals surface area contributed by atoms with E-state index in [4.69, 9.17) is 4.98 Å². The number of allylic oxidation sites excluding steroid dienone is 4. The summed E-state index contributed by atoms with van der Waals surface area (Å²) in [5.41, 5.74) is 10.5. The molecule has 194 valence electrons. The van der Waals surface area contributed by atoms with Crippen molar-refractivity contribution in [3.63, 3.8) is 0 Å². The van der Waals surface area contributed by atoms with Crippen LogP contribution in [-0.2, 0) is 0 Å². The molecule has 0 bridgehead atoms. The topological polar surface area (TPSA) is 12.9 Å². The van der Waals surface area contributed by atoms with Crippen molar-refractivity contribution in [3.8, 4) is 0 Å². The van der Waals surface area contributed by atoms with Gasteiger partial charge >= 0.3 is 0 Å². The maximum atomic E-state index is 5.31. The predicted molar refractivity (Wildman–Crippen MR) is 166 cm³/mol. The van der Waals surface area contributed by atoms with Gasteiger partial charge in [-0.05, 0) is 70.2 Å². The van der Waals surface area contributed by atoms with Crippen LogP contribution in [0.3, 0.4) is 0 Å². The first-order valence-corrected chi connectivity index (χ1v) is 14.4. The highest BCUT2D eigenvalue weighted by atomic mass is 14.7. The van der Waals surface area contributed by atoms with Crippen LogP contribution in [0.2, 0.25) is 0 Å². The molecule has 7 rings (SSSR count). The second-order valence-corrected chi connectivity index (χ2v) is 11.1. The molecule has 40 heavy (non-hydrogen) atoms. The third kappa shape index (κ3) is 4.84. The van der Waals surface area contributed by atoms with Crippen LogP contribution >= 0.6 is 0 Å². The maximum absolute atomic E-state index is 5.31. The maximum Gasteiger partial charge on any atom is 0.0666 e. The zero-order valence-corrected chi connectivity index (χ0v) is 22.6. The second-order valence-electron chi connectivity index (χ2n) is 11.1. The minimum atomic E-state index is 0.347. The fourth-order valence-corrected chi connectivity index (χ4v) is 6.76. The molecule has 2 aliphatic rings. The van der Waals surface area contributed by atoms with Gasteiger partial charge in [0.05, 0.1) is 11.4 Å². The Morgan fingerprint density at radius 1 is 0.375 bits per heavy atom. The monoisotopic (exact) mass is 515 g/mol. The minimum absolute atomic E-state index is 0.347. The van der Waals surface area contributed by atoms with Crippen LogP contribution in [0.1, 0.15) is 70.2 Å². The molecule has 0 N–H and O–H groups in total. The lowest BCUT2D eigenvalue weighted by Gasteiger charge is -2.20. The van der Waals surface area contributed by atoms with Crippen molar-refractivity contribution in [2.45, 2.75) is 36.5 Å². The Bertz CT molecular complexity index is 1510. The fourth-order valence-electron chi connectivity index (χ4n) is 6.76. The molecule has 0 aliphatic heterocycles. The van der Waals surface area contributed by atoms with E-state index in [0.717, 1.165) is 24.2 Å². The first kappa shape index (κ1) is 24.5. The van der Waals surface area contributed by atoms with Crippen molar-refractivity contribution in [2.24, 2.45) is 0 Å². The van der Waals surface area contributed by atoms with Gasteiger partial charge in [0.15, 0.2) is 0 Å². The lowest BCUT2D eigenvalue weighted by atomic mass is 9.83. The summed E-state index contributed by atoms with van der Waals surface area (Å²) < 4.78 is 0. The van der Waals surface area contributed by atoms with Crippen LogP contribution in [0.5, 0.6) is 0 Å². The van der Waals surface area contributed by atoms with Crippen LogP contribution in [0.25, 0.3) is 11.1 Å². The summed E-state index contributed by atoms with van der Waals surface area (Å²) in [7, 11) is 0. The van der Waals surface area contributed by atoms with E-state index in [1.54, 1.807) is 0 Å². The highest BCUT2D eigenvalue weighted by Crippen LogP contribution is 2.49. The number of aromatic nitrogens is 1. The molecule has 5 aromatic rings. The number of nitrogens with zero attached hydrogens (tertiary/aromatic N) is 1. The highest BCUT2D eigenvalue weighted by molar-refractivity contribution is 5.73. The average Bonchev–Trinajstić information content (AvgIpc) is 3.69. The molecule has 0 saturated heterocycles. The van der Waals surface area contributed by atoms with Crippen molar-refractivity contribution in [2.75, 3.05) is 0 Å². The quantitative estimate of drug-likeness (QED) is 0.219. The largest absolute Gasteiger partial charge is 0.249 e. The molecule has 4 aromatic carbocycles. The van der Waals surface area contributed by atoms with Gasteiger partial charge in [-0.25, -0.2) is 4.98 Å². The minimum Gasteiger partial charge on any atom is -0.249 e. The van der Waals surface area contributed by atoms with Gasteiger partial charge in [0.2, 0.25) is 0 Å². The van der Waals surface area contributed by atoms with E-state index in [0.29, 0.717) is 23.7 Å². The number of benzene rings is 4. The lowest BCUT2D eigenvalue weighted by molar-refractivity contribution is 0.667. The predicted octanol–water partition coefficient (Wildman–Crippen LogP) is 9.79. The van der Waals surface area contributed by atoms with Crippen LogP contribution in [0, 0.1) is 0 Å². The summed E-state index contributed by atoms with van der Waals surface area (Å²) in [4.78, 5) is 5.31. The lowest BCUT2D eigenvalue weighted by Crippen LogP contribution is -2.05. The van der Waals surface area contributed by atoms with E-state index < -0.39 is 0 Å².